The van der Waals surface area contributed by atoms with Crippen LogP contribution in [0, 0.1) is 6.92 Å². The second-order valence-electron chi connectivity index (χ2n) is 5.08. The molecule has 0 fully saturated rings. The van der Waals surface area contributed by atoms with E-state index in [2.05, 4.69) is 19.6 Å². The Morgan fingerprint density at radius 1 is 0.958 bits per heavy atom. The van der Waals surface area contributed by atoms with Gasteiger partial charge in [0, 0.05) is 10.3 Å². The Morgan fingerprint density at radius 2 is 1.75 bits per heavy atom. The van der Waals surface area contributed by atoms with Crippen LogP contribution < -0.4 is 0 Å². The summed E-state index contributed by atoms with van der Waals surface area (Å²) < 4.78 is 4.42. The molecule has 3 rings (SSSR count). The minimum absolute atomic E-state index is 0.0497. The molecule has 0 saturated carbocycles. The van der Waals surface area contributed by atoms with Gasteiger partial charge in [0.05, 0.1) is 17.7 Å². The fraction of sp³-hybridized carbons (Fsp3) is 0.0588. The van der Waals surface area contributed by atoms with Crippen LogP contribution in [0.4, 0.5) is 11.4 Å². The third kappa shape index (κ3) is 3.72. The maximum Gasteiger partial charge on any atom is 0.143 e. The first kappa shape index (κ1) is 16.4. The number of aromatic hydroxyl groups is 1. The second-order valence-corrected chi connectivity index (χ2v) is 5.85. The molecule has 0 saturated heterocycles. The van der Waals surface area contributed by atoms with Crippen LogP contribution in [0.2, 0.25) is 0 Å². The highest BCUT2D eigenvalue weighted by molar-refractivity contribution is 7.94. The van der Waals surface area contributed by atoms with E-state index in [9.17, 15) is 5.11 Å². The Kier molecular flexibility index (Phi) is 5.07. The largest absolute Gasteiger partial charge is 0.506 e. The van der Waals surface area contributed by atoms with Gasteiger partial charge in [0.2, 0.25) is 0 Å². The highest BCUT2D eigenvalue weighted by Gasteiger charge is 2.08. The van der Waals surface area contributed by atoms with Gasteiger partial charge in [-0.15, -0.1) is 9.45 Å². The normalized spacial score (nSPS) is 11.4. The van der Waals surface area contributed by atoms with Crippen molar-refractivity contribution in [1.29, 1.82) is 0 Å². The summed E-state index contributed by atoms with van der Waals surface area (Å²) in [5.41, 5.74) is 2.24. The van der Waals surface area contributed by atoms with Gasteiger partial charge in [0.15, 0.2) is 0 Å². The van der Waals surface area contributed by atoms with Crippen LogP contribution in [0.15, 0.2) is 69.7 Å². The van der Waals surface area contributed by atoms with E-state index in [1.165, 1.54) is 0 Å². The van der Waals surface area contributed by atoms with Crippen LogP contribution in [-0.4, -0.2) is 10.4 Å². The van der Waals surface area contributed by atoms with Crippen LogP contribution in [-0.2, 0) is 9.37 Å². The van der Waals surface area contributed by atoms with Crippen molar-refractivity contribution in [2.24, 2.45) is 10.2 Å². The van der Waals surface area contributed by atoms with Crippen molar-refractivity contribution in [2.45, 2.75) is 11.8 Å². The predicted molar refractivity (Wildman–Crippen MR) is 91.6 cm³/mol. The molecule has 0 spiro atoms. The third-order valence-corrected chi connectivity index (χ3v) is 3.98. The Labute approximate surface area is 142 Å². The Bertz CT molecular complexity index is 882. The Morgan fingerprint density at radius 3 is 2.50 bits per heavy atom. The first-order valence-corrected chi connectivity index (χ1v) is 7.80. The topological polar surface area (TPSA) is 83.6 Å². The van der Waals surface area contributed by atoms with Crippen LogP contribution >= 0.6 is 12.0 Å². The molecule has 0 amide bonds. The lowest BCUT2D eigenvalue weighted by atomic mass is 10.1. The first-order chi connectivity index (χ1) is 11.7. The van der Waals surface area contributed by atoms with E-state index in [1.807, 2.05) is 37.3 Å². The van der Waals surface area contributed by atoms with Crippen LogP contribution in [0.25, 0.3) is 10.8 Å². The molecule has 0 atom stereocenters. The molecule has 0 aliphatic rings. The zero-order valence-electron chi connectivity index (χ0n) is 12.7. The molecule has 122 valence electrons. The van der Waals surface area contributed by atoms with Crippen molar-refractivity contribution in [3.05, 3.63) is 60.2 Å². The smallest absolute Gasteiger partial charge is 0.143 e. The van der Waals surface area contributed by atoms with Gasteiger partial charge < -0.3 is 5.11 Å². The molecule has 0 bridgehead atoms. The monoisotopic (exact) mass is 342 g/mol. The fourth-order valence-corrected chi connectivity index (χ4v) is 2.62. The van der Waals surface area contributed by atoms with E-state index in [1.54, 1.807) is 24.3 Å². The van der Waals surface area contributed by atoms with Crippen molar-refractivity contribution in [3.8, 4) is 5.75 Å². The molecule has 0 unspecified atom stereocenters. The van der Waals surface area contributed by atoms with Gasteiger partial charge in [-0.1, -0.05) is 34.9 Å². The lowest BCUT2D eigenvalue weighted by molar-refractivity contribution is -0.432. The van der Waals surface area contributed by atoms with Gasteiger partial charge in [0.1, 0.15) is 11.4 Å². The number of benzene rings is 3. The number of fused-ring (bicyclic) bond motifs is 1. The predicted octanol–water partition coefficient (Wildman–Crippen LogP) is 5.70. The highest BCUT2D eigenvalue weighted by atomic mass is 32.2. The molecule has 7 heteroatoms. The average Bonchev–Trinajstić information content (AvgIpc) is 2.60. The number of phenolic OH excluding ortho intramolecular Hbond substituents is 1. The van der Waals surface area contributed by atoms with Crippen molar-refractivity contribution in [2.75, 3.05) is 0 Å². The van der Waals surface area contributed by atoms with Gasteiger partial charge in [-0.3, -0.25) is 0 Å². The van der Waals surface area contributed by atoms with Crippen molar-refractivity contribution < 1.29 is 19.7 Å². The number of azo groups is 1. The standard InChI is InChI=1S/C17H14N2O4S/c1-11-2-5-13(6-3-11)18-19-17-15-8-7-14(24-23-22-21)10-12(15)4-9-16(17)20/h2-10,20-21H,1H3. The van der Waals surface area contributed by atoms with Crippen molar-refractivity contribution >= 4 is 34.2 Å². The molecule has 3 aromatic rings. The number of hydrogen-bond donors (Lipinski definition) is 2. The molecular formula is C17H14N2O4S. The maximum atomic E-state index is 10.1. The molecule has 3 aromatic carbocycles. The average molecular weight is 342 g/mol. The van der Waals surface area contributed by atoms with Gasteiger partial charge in [-0.2, -0.15) is 5.11 Å². The molecular weight excluding hydrogens is 328 g/mol. The molecule has 0 radical (unpaired) electrons. The highest BCUT2D eigenvalue weighted by Crippen LogP contribution is 2.37. The molecule has 6 nitrogen and oxygen atoms in total. The summed E-state index contributed by atoms with van der Waals surface area (Å²) in [6, 6.07) is 16.3. The van der Waals surface area contributed by atoms with Crippen LogP contribution in [0.3, 0.4) is 0 Å². The van der Waals surface area contributed by atoms with E-state index in [0.29, 0.717) is 11.4 Å². The summed E-state index contributed by atoms with van der Waals surface area (Å²) >= 11 is 0.868. The Balaban J connectivity index is 1.97. The maximum absolute atomic E-state index is 10.1. The minimum Gasteiger partial charge on any atom is -0.506 e. The minimum atomic E-state index is 0.0497. The second kappa shape index (κ2) is 7.41. The summed E-state index contributed by atoms with van der Waals surface area (Å²) in [6.45, 7) is 2.00. The van der Waals surface area contributed by atoms with E-state index in [4.69, 9.17) is 5.26 Å². The molecule has 0 aliphatic carbocycles. The number of rotatable bonds is 5. The summed E-state index contributed by atoms with van der Waals surface area (Å²) in [5, 5.41) is 31.9. The molecule has 2 N–H and O–H groups in total. The number of aryl methyl sites for hydroxylation is 1. The SMILES string of the molecule is Cc1ccc(N=Nc2c(O)ccc3cc(SOOO)ccc23)cc1. The van der Waals surface area contributed by atoms with E-state index in [0.717, 1.165) is 33.3 Å². The lowest BCUT2D eigenvalue weighted by Gasteiger charge is -2.06. The van der Waals surface area contributed by atoms with Gasteiger partial charge in [-0.25, -0.2) is 5.26 Å². The number of hydrogen-bond acceptors (Lipinski definition) is 7. The number of phenols is 1. The van der Waals surface area contributed by atoms with Crippen molar-refractivity contribution in [1.82, 2.24) is 0 Å². The summed E-state index contributed by atoms with van der Waals surface area (Å²) in [6.07, 6.45) is 0. The zero-order valence-corrected chi connectivity index (χ0v) is 13.5. The summed E-state index contributed by atoms with van der Waals surface area (Å²) in [5.74, 6) is 0.0497. The van der Waals surface area contributed by atoms with Crippen LogP contribution in [0.5, 0.6) is 5.75 Å². The molecule has 0 heterocycles. The van der Waals surface area contributed by atoms with E-state index >= 15 is 0 Å². The molecule has 0 aromatic heterocycles. The van der Waals surface area contributed by atoms with Crippen LogP contribution in [0.1, 0.15) is 5.56 Å². The van der Waals surface area contributed by atoms with Crippen molar-refractivity contribution in [3.63, 3.8) is 0 Å². The summed E-state index contributed by atoms with van der Waals surface area (Å²) in [7, 11) is 0. The van der Waals surface area contributed by atoms with Gasteiger partial charge in [0.25, 0.3) is 0 Å². The van der Waals surface area contributed by atoms with Gasteiger partial charge in [-0.05, 0) is 42.6 Å². The zero-order chi connectivity index (χ0) is 16.9. The first-order valence-electron chi connectivity index (χ1n) is 7.06. The Hall–Kier alpha value is -2.45. The van der Waals surface area contributed by atoms with E-state index < -0.39 is 0 Å². The number of nitrogens with zero attached hydrogens (tertiary/aromatic N) is 2. The van der Waals surface area contributed by atoms with Gasteiger partial charge >= 0.3 is 0 Å². The quantitative estimate of drug-likeness (QED) is 0.269. The fourth-order valence-electron chi connectivity index (χ4n) is 2.21. The lowest BCUT2D eigenvalue weighted by Crippen LogP contribution is -1.80. The summed E-state index contributed by atoms with van der Waals surface area (Å²) in [4.78, 5) is 0.726. The third-order valence-electron chi connectivity index (χ3n) is 3.40. The molecule has 0 aliphatic heterocycles. The molecule has 24 heavy (non-hydrogen) atoms. The van der Waals surface area contributed by atoms with E-state index in [-0.39, 0.29) is 5.75 Å².